The summed E-state index contributed by atoms with van der Waals surface area (Å²) < 4.78 is 28.5. The second kappa shape index (κ2) is 6.47. The lowest BCUT2D eigenvalue weighted by atomic mass is 10.2. The molecule has 1 saturated heterocycles. The Morgan fingerprint density at radius 3 is 2.76 bits per heavy atom. The first-order chi connectivity index (χ1) is 9.91. The van der Waals surface area contributed by atoms with Crippen molar-refractivity contribution in [1.82, 2.24) is 4.90 Å². The van der Waals surface area contributed by atoms with Crippen LogP contribution in [0.4, 0.5) is 0 Å². The van der Waals surface area contributed by atoms with E-state index < -0.39 is 9.84 Å². The zero-order valence-corrected chi connectivity index (χ0v) is 13.2. The summed E-state index contributed by atoms with van der Waals surface area (Å²) in [6, 6.07) is 3.42. The Labute approximate surface area is 125 Å². The van der Waals surface area contributed by atoms with E-state index in [-0.39, 0.29) is 23.5 Å². The van der Waals surface area contributed by atoms with E-state index >= 15 is 0 Å². The molecule has 0 bridgehead atoms. The second-order valence-electron chi connectivity index (χ2n) is 5.37. The maximum atomic E-state index is 12.3. The van der Waals surface area contributed by atoms with Gasteiger partial charge in [0, 0.05) is 18.7 Å². The van der Waals surface area contributed by atoms with E-state index in [0.29, 0.717) is 18.7 Å². The number of rotatable bonds is 5. The maximum Gasteiger partial charge on any atom is 0.246 e. The molecule has 0 saturated carbocycles. The smallest absolute Gasteiger partial charge is 0.246 e. The van der Waals surface area contributed by atoms with Gasteiger partial charge in [-0.05, 0) is 38.0 Å². The molecule has 2 rings (SSSR count). The molecule has 1 atom stereocenters. The van der Waals surface area contributed by atoms with Crippen LogP contribution >= 0.6 is 0 Å². The van der Waals surface area contributed by atoms with Crippen LogP contribution < -0.4 is 0 Å². The molecule has 1 aliphatic rings. The van der Waals surface area contributed by atoms with E-state index in [1.807, 2.05) is 19.9 Å². The van der Waals surface area contributed by atoms with Gasteiger partial charge < -0.3 is 9.32 Å². The molecule has 1 fully saturated rings. The van der Waals surface area contributed by atoms with Gasteiger partial charge in [0.05, 0.1) is 11.5 Å². The first-order valence-electron chi connectivity index (χ1n) is 7.17. The number of nitrogens with zero attached hydrogens (tertiary/aromatic N) is 1. The first-order valence-corrected chi connectivity index (χ1v) is 8.99. The quantitative estimate of drug-likeness (QED) is 0.780. The zero-order valence-electron chi connectivity index (χ0n) is 12.4. The molecular formula is C15H21NO4S. The number of aryl methyl sites for hydroxylation is 1. The highest BCUT2D eigenvalue weighted by Gasteiger charge is 2.33. The van der Waals surface area contributed by atoms with E-state index in [0.717, 1.165) is 12.2 Å². The van der Waals surface area contributed by atoms with Gasteiger partial charge >= 0.3 is 0 Å². The van der Waals surface area contributed by atoms with Gasteiger partial charge in [-0.2, -0.15) is 0 Å². The molecule has 0 aromatic carbocycles. The van der Waals surface area contributed by atoms with Crippen molar-refractivity contribution >= 4 is 21.8 Å². The fraction of sp³-hybridized carbons (Fsp3) is 0.533. The van der Waals surface area contributed by atoms with Crippen LogP contribution in [-0.2, 0) is 14.6 Å². The molecule has 116 valence electrons. The van der Waals surface area contributed by atoms with E-state index in [2.05, 4.69) is 0 Å². The molecule has 2 heterocycles. The van der Waals surface area contributed by atoms with Gasteiger partial charge in [-0.15, -0.1) is 0 Å². The monoisotopic (exact) mass is 311 g/mol. The van der Waals surface area contributed by atoms with Crippen LogP contribution in [-0.4, -0.2) is 43.3 Å². The number of furan rings is 1. The van der Waals surface area contributed by atoms with Gasteiger partial charge in [-0.1, -0.05) is 6.92 Å². The Kier molecular flexibility index (Phi) is 4.88. The van der Waals surface area contributed by atoms with Crippen LogP contribution in [0.15, 0.2) is 22.6 Å². The van der Waals surface area contributed by atoms with Crippen molar-refractivity contribution in [2.75, 3.05) is 18.1 Å². The number of sulfone groups is 1. The van der Waals surface area contributed by atoms with Crippen LogP contribution in [0.25, 0.3) is 6.08 Å². The van der Waals surface area contributed by atoms with E-state index in [4.69, 9.17) is 4.42 Å². The second-order valence-corrected chi connectivity index (χ2v) is 7.60. The topological polar surface area (TPSA) is 67.6 Å². The van der Waals surface area contributed by atoms with Gasteiger partial charge in [0.1, 0.15) is 11.5 Å². The normalized spacial score (nSPS) is 21.0. The molecule has 21 heavy (non-hydrogen) atoms. The highest BCUT2D eigenvalue weighted by molar-refractivity contribution is 7.91. The number of carbonyl (C=O) groups is 1. The Balaban J connectivity index is 2.07. The zero-order chi connectivity index (χ0) is 15.5. The van der Waals surface area contributed by atoms with E-state index in [1.54, 1.807) is 17.0 Å². The average Bonchev–Trinajstić information content (AvgIpc) is 2.99. The molecule has 0 N–H and O–H groups in total. The van der Waals surface area contributed by atoms with Crippen molar-refractivity contribution in [2.24, 2.45) is 0 Å². The lowest BCUT2D eigenvalue weighted by molar-refractivity contribution is -0.127. The number of hydrogen-bond donors (Lipinski definition) is 0. The molecular weight excluding hydrogens is 290 g/mol. The van der Waals surface area contributed by atoms with Gasteiger partial charge in [0.2, 0.25) is 5.91 Å². The summed E-state index contributed by atoms with van der Waals surface area (Å²) in [6.07, 6.45) is 4.41. The van der Waals surface area contributed by atoms with Crippen LogP contribution in [0.2, 0.25) is 0 Å². The summed E-state index contributed by atoms with van der Waals surface area (Å²) in [7, 11) is -2.99. The molecule has 6 heteroatoms. The van der Waals surface area contributed by atoms with Gasteiger partial charge in [0.15, 0.2) is 9.84 Å². The SMILES string of the molecule is CCCN(C(=O)C=Cc1ccc(C)o1)C1CCS(=O)(=O)C1. The number of hydrogen-bond acceptors (Lipinski definition) is 4. The van der Waals surface area contributed by atoms with Crippen LogP contribution in [0, 0.1) is 6.92 Å². The Hall–Kier alpha value is -1.56. The highest BCUT2D eigenvalue weighted by Crippen LogP contribution is 2.19. The highest BCUT2D eigenvalue weighted by atomic mass is 32.2. The van der Waals surface area contributed by atoms with E-state index in [9.17, 15) is 13.2 Å². The standard InChI is InChI=1S/C15H21NO4S/c1-3-9-16(13-8-10-21(18,19)11-13)15(17)7-6-14-5-4-12(2)20-14/h4-7,13H,3,8-11H2,1-2H3. The summed E-state index contributed by atoms with van der Waals surface area (Å²) in [6.45, 7) is 4.38. The number of amides is 1. The predicted molar refractivity (Wildman–Crippen MR) is 81.5 cm³/mol. The lowest BCUT2D eigenvalue weighted by Gasteiger charge is -2.26. The van der Waals surface area contributed by atoms with Gasteiger partial charge in [-0.25, -0.2) is 8.42 Å². The van der Waals surface area contributed by atoms with Crippen molar-refractivity contribution in [2.45, 2.75) is 32.7 Å². The molecule has 0 aliphatic carbocycles. The molecule has 5 nitrogen and oxygen atoms in total. The third kappa shape index (κ3) is 4.20. The minimum Gasteiger partial charge on any atom is -0.462 e. The van der Waals surface area contributed by atoms with Crippen molar-refractivity contribution in [3.8, 4) is 0 Å². The fourth-order valence-corrected chi connectivity index (χ4v) is 4.26. The van der Waals surface area contributed by atoms with E-state index in [1.165, 1.54) is 6.08 Å². The summed E-state index contributed by atoms with van der Waals surface area (Å²) in [5, 5.41) is 0. The summed E-state index contributed by atoms with van der Waals surface area (Å²) >= 11 is 0. The Bertz CT molecular complexity index is 630. The minimum atomic E-state index is -2.99. The Morgan fingerprint density at radius 2 is 2.24 bits per heavy atom. The third-order valence-corrected chi connectivity index (χ3v) is 5.30. The van der Waals surface area contributed by atoms with Crippen LogP contribution in [0.5, 0.6) is 0 Å². The van der Waals surface area contributed by atoms with Crippen molar-refractivity contribution in [3.63, 3.8) is 0 Å². The third-order valence-electron chi connectivity index (χ3n) is 3.55. The number of carbonyl (C=O) groups excluding carboxylic acids is 1. The molecule has 0 radical (unpaired) electrons. The largest absolute Gasteiger partial charge is 0.462 e. The molecule has 1 unspecified atom stereocenters. The first kappa shape index (κ1) is 15.8. The van der Waals surface area contributed by atoms with Crippen molar-refractivity contribution in [1.29, 1.82) is 0 Å². The van der Waals surface area contributed by atoms with Gasteiger partial charge in [0.25, 0.3) is 0 Å². The lowest BCUT2D eigenvalue weighted by Crippen LogP contribution is -2.40. The summed E-state index contributed by atoms with van der Waals surface area (Å²) in [5.41, 5.74) is 0. The average molecular weight is 311 g/mol. The van der Waals surface area contributed by atoms with Crippen molar-refractivity contribution < 1.29 is 17.6 Å². The maximum absolute atomic E-state index is 12.3. The van der Waals surface area contributed by atoms with Gasteiger partial charge in [-0.3, -0.25) is 4.79 Å². The Morgan fingerprint density at radius 1 is 1.48 bits per heavy atom. The fourth-order valence-electron chi connectivity index (χ4n) is 2.53. The molecule has 0 spiro atoms. The molecule has 1 aliphatic heterocycles. The van der Waals surface area contributed by atoms with Crippen LogP contribution in [0.1, 0.15) is 31.3 Å². The van der Waals surface area contributed by atoms with Crippen molar-refractivity contribution in [3.05, 3.63) is 29.7 Å². The van der Waals surface area contributed by atoms with Crippen LogP contribution in [0.3, 0.4) is 0 Å². The molecule has 1 aromatic heterocycles. The predicted octanol–water partition coefficient (Wildman–Crippen LogP) is 2.03. The molecule has 1 amide bonds. The molecule has 1 aromatic rings. The summed E-state index contributed by atoms with van der Waals surface area (Å²) in [4.78, 5) is 14.0. The minimum absolute atomic E-state index is 0.0758. The summed E-state index contributed by atoms with van der Waals surface area (Å²) in [5.74, 6) is 1.50.